The van der Waals surface area contributed by atoms with Crippen LogP contribution >= 0.6 is 23.2 Å². The summed E-state index contributed by atoms with van der Waals surface area (Å²) in [6, 6.07) is 0. The zero-order valence-corrected chi connectivity index (χ0v) is 8.71. The van der Waals surface area contributed by atoms with E-state index in [9.17, 15) is 0 Å². The lowest BCUT2D eigenvalue weighted by atomic mass is 10.2. The van der Waals surface area contributed by atoms with E-state index in [2.05, 4.69) is 6.92 Å². The molecule has 0 aliphatic rings. The van der Waals surface area contributed by atoms with Gasteiger partial charge in [0.1, 0.15) is 0 Å². The molecule has 0 aliphatic heterocycles. The highest BCUT2D eigenvalue weighted by Gasteiger charge is 2.01. The quantitative estimate of drug-likeness (QED) is 0.467. The second-order valence-corrected chi connectivity index (χ2v) is 3.52. The molecule has 0 amide bonds. The Balaban J connectivity index is 4.27. The molecule has 0 saturated heterocycles. The summed E-state index contributed by atoms with van der Waals surface area (Å²) in [5.41, 5.74) is 1.03. The van der Waals surface area contributed by atoms with Crippen molar-refractivity contribution in [3.05, 3.63) is 22.8 Å². The van der Waals surface area contributed by atoms with Crippen molar-refractivity contribution in [2.75, 3.05) is 0 Å². The summed E-state index contributed by atoms with van der Waals surface area (Å²) in [5, 5.41) is 0.776. The predicted molar refractivity (Wildman–Crippen MR) is 53.3 cm³/mol. The van der Waals surface area contributed by atoms with E-state index in [4.69, 9.17) is 23.2 Å². The Labute approximate surface area is 78.9 Å². The first-order valence-corrected chi connectivity index (χ1v) is 4.57. The van der Waals surface area contributed by atoms with Gasteiger partial charge in [0.2, 0.25) is 0 Å². The molecule has 0 heterocycles. The number of rotatable bonds is 3. The summed E-state index contributed by atoms with van der Waals surface area (Å²) in [6.45, 7) is 5.93. The van der Waals surface area contributed by atoms with Crippen molar-refractivity contribution in [3.63, 3.8) is 0 Å². The Bertz CT molecular complexity index is 166. The molecule has 0 aromatic heterocycles. The second-order valence-electron chi connectivity index (χ2n) is 2.46. The minimum atomic E-state index is 0.0176. The lowest BCUT2D eigenvalue weighted by molar-refractivity contribution is 1.10. The molecule has 2 heteroatoms. The Morgan fingerprint density at radius 2 is 2.09 bits per heavy atom. The average Bonchev–Trinajstić information content (AvgIpc) is 1.98. The molecule has 0 bridgehead atoms. The minimum absolute atomic E-state index is 0.0176. The molecule has 0 aromatic carbocycles. The molecule has 0 N–H and O–H groups in total. The van der Waals surface area contributed by atoms with Crippen LogP contribution < -0.4 is 0 Å². The third-order valence-corrected chi connectivity index (χ3v) is 2.22. The molecule has 0 radical (unpaired) electrons. The highest BCUT2D eigenvalue weighted by molar-refractivity contribution is 6.32. The van der Waals surface area contributed by atoms with Gasteiger partial charge in [-0.2, -0.15) is 0 Å². The van der Waals surface area contributed by atoms with E-state index < -0.39 is 0 Å². The highest BCUT2D eigenvalue weighted by Crippen LogP contribution is 2.17. The van der Waals surface area contributed by atoms with Crippen LogP contribution in [0.2, 0.25) is 0 Å². The number of alkyl halides is 1. The fraction of sp³-hybridized carbons (Fsp3) is 0.556. The monoisotopic (exact) mass is 192 g/mol. The van der Waals surface area contributed by atoms with Crippen molar-refractivity contribution in [1.29, 1.82) is 0 Å². The van der Waals surface area contributed by atoms with Gasteiger partial charge in [0.05, 0.1) is 5.38 Å². The normalized spacial score (nSPS) is 16.8. The van der Waals surface area contributed by atoms with Gasteiger partial charge in [0.15, 0.2) is 0 Å². The summed E-state index contributed by atoms with van der Waals surface area (Å²) in [6.07, 6.45) is 4.92. The standard InChI is InChI=1S/C9H14Cl2/c1-4-5-6-9(11)7(2)8(3)10/h5-6,8H,4H2,1-3H3/b6-5-,9-7+. The smallest absolute Gasteiger partial charge is 0.0531 e. The van der Waals surface area contributed by atoms with Gasteiger partial charge in [-0.05, 0) is 31.9 Å². The van der Waals surface area contributed by atoms with Crippen molar-refractivity contribution >= 4 is 23.2 Å². The van der Waals surface area contributed by atoms with Gasteiger partial charge >= 0.3 is 0 Å². The maximum atomic E-state index is 5.91. The van der Waals surface area contributed by atoms with E-state index in [1.165, 1.54) is 0 Å². The lowest BCUT2D eigenvalue weighted by Gasteiger charge is -2.03. The molecule has 64 valence electrons. The fourth-order valence-electron chi connectivity index (χ4n) is 0.543. The molecule has 0 aliphatic carbocycles. The molecule has 0 spiro atoms. The molecular formula is C9H14Cl2. The lowest BCUT2D eigenvalue weighted by Crippen LogP contribution is -1.93. The largest absolute Gasteiger partial charge is 0.118 e. The average molecular weight is 193 g/mol. The molecule has 1 unspecified atom stereocenters. The Morgan fingerprint density at radius 1 is 1.55 bits per heavy atom. The summed E-state index contributed by atoms with van der Waals surface area (Å²) < 4.78 is 0. The van der Waals surface area contributed by atoms with E-state index in [0.717, 1.165) is 17.0 Å². The summed E-state index contributed by atoms with van der Waals surface area (Å²) in [5.74, 6) is 0. The molecule has 1 atom stereocenters. The van der Waals surface area contributed by atoms with Crippen LogP contribution in [0.5, 0.6) is 0 Å². The van der Waals surface area contributed by atoms with Crippen molar-refractivity contribution in [2.45, 2.75) is 32.6 Å². The maximum absolute atomic E-state index is 5.91. The summed E-state index contributed by atoms with van der Waals surface area (Å²) in [7, 11) is 0. The first-order valence-electron chi connectivity index (χ1n) is 3.76. The first-order chi connectivity index (χ1) is 5.09. The zero-order chi connectivity index (χ0) is 8.85. The van der Waals surface area contributed by atoms with Crippen LogP contribution in [0.1, 0.15) is 27.2 Å². The number of hydrogen-bond donors (Lipinski definition) is 0. The van der Waals surface area contributed by atoms with Gasteiger partial charge in [0.25, 0.3) is 0 Å². The van der Waals surface area contributed by atoms with Crippen molar-refractivity contribution in [3.8, 4) is 0 Å². The fourth-order valence-corrected chi connectivity index (χ4v) is 0.969. The van der Waals surface area contributed by atoms with Crippen LogP contribution in [0.4, 0.5) is 0 Å². The number of halogens is 2. The minimum Gasteiger partial charge on any atom is -0.118 e. The van der Waals surface area contributed by atoms with Crippen LogP contribution in [0, 0.1) is 0 Å². The molecule has 11 heavy (non-hydrogen) atoms. The molecule has 0 rings (SSSR count). The van der Waals surface area contributed by atoms with Gasteiger partial charge in [0, 0.05) is 5.03 Å². The molecule has 0 saturated carbocycles. The van der Waals surface area contributed by atoms with E-state index in [1.54, 1.807) is 0 Å². The van der Waals surface area contributed by atoms with E-state index in [1.807, 2.05) is 26.0 Å². The van der Waals surface area contributed by atoms with E-state index >= 15 is 0 Å². The topological polar surface area (TPSA) is 0 Å². The number of hydrogen-bond acceptors (Lipinski definition) is 0. The highest BCUT2D eigenvalue weighted by atomic mass is 35.5. The Morgan fingerprint density at radius 3 is 2.45 bits per heavy atom. The Hall–Kier alpha value is 0.0600. The molecule has 0 aromatic rings. The SMILES string of the molecule is CC/C=C\C(Cl)=C(\C)C(C)Cl. The van der Waals surface area contributed by atoms with Crippen molar-refractivity contribution in [1.82, 2.24) is 0 Å². The van der Waals surface area contributed by atoms with Crippen molar-refractivity contribution < 1.29 is 0 Å². The third-order valence-electron chi connectivity index (χ3n) is 1.47. The van der Waals surface area contributed by atoms with Crippen LogP contribution in [-0.2, 0) is 0 Å². The van der Waals surface area contributed by atoms with E-state index in [-0.39, 0.29) is 5.38 Å². The summed E-state index contributed by atoms with van der Waals surface area (Å²) in [4.78, 5) is 0. The van der Waals surface area contributed by atoms with Gasteiger partial charge < -0.3 is 0 Å². The van der Waals surface area contributed by atoms with Crippen LogP contribution in [0.15, 0.2) is 22.8 Å². The summed E-state index contributed by atoms with van der Waals surface area (Å²) >= 11 is 11.7. The van der Waals surface area contributed by atoms with Crippen molar-refractivity contribution in [2.24, 2.45) is 0 Å². The van der Waals surface area contributed by atoms with Crippen LogP contribution in [0.25, 0.3) is 0 Å². The maximum Gasteiger partial charge on any atom is 0.0531 e. The molecule has 0 fully saturated rings. The zero-order valence-electron chi connectivity index (χ0n) is 7.20. The van der Waals surface area contributed by atoms with Crippen LogP contribution in [-0.4, -0.2) is 5.38 Å². The van der Waals surface area contributed by atoms with Gasteiger partial charge in [-0.15, -0.1) is 11.6 Å². The van der Waals surface area contributed by atoms with E-state index in [0.29, 0.717) is 0 Å². The van der Waals surface area contributed by atoms with Gasteiger partial charge in [-0.1, -0.05) is 24.6 Å². The predicted octanol–water partition coefficient (Wildman–Crippen LogP) is 4.09. The number of allylic oxidation sites excluding steroid dienone is 4. The molecule has 0 nitrogen and oxygen atoms in total. The van der Waals surface area contributed by atoms with Gasteiger partial charge in [-0.3, -0.25) is 0 Å². The second kappa shape index (κ2) is 5.68. The van der Waals surface area contributed by atoms with Gasteiger partial charge in [-0.25, -0.2) is 0 Å². The van der Waals surface area contributed by atoms with Crippen LogP contribution in [0.3, 0.4) is 0 Å². The third kappa shape index (κ3) is 4.49. The Kier molecular flexibility index (Phi) is 5.71. The molecular weight excluding hydrogens is 179 g/mol. The first kappa shape index (κ1) is 11.1.